The SMILES string of the molecule is C[C@H](NC(=O)c1cccc(S(=O)(=O)N2CCCC[C@H]2C)c1)c1ccc(F)cc1F. The lowest BCUT2D eigenvalue weighted by molar-refractivity contribution is 0.0939. The zero-order chi connectivity index (χ0) is 21.2. The van der Waals surface area contributed by atoms with E-state index in [1.165, 1.54) is 34.6 Å². The smallest absolute Gasteiger partial charge is 0.251 e. The molecule has 2 atom stereocenters. The molecule has 0 aromatic heterocycles. The van der Waals surface area contributed by atoms with Gasteiger partial charge in [-0.15, -0.1) is 0 Å². The van der Waals surface area contributed by atoms with Gasteiger partial charge in [0.25, 0.3) is 5.91 Å². The Hall–Kier alpha value is -2.32. The largest absolute Gasteiger partial charge is 0.345 e. The second kappa shape index (κ2) is 8.59. The van der Waals surface area contributed by atoms with Crippen molar-refractivity contribution < 1.29 is 22.0 Å². The third-order valence-electron chi connectivity index (χ3n) is 5.22. The van der Waals surface area contributed by atoms with Crippen LogP contribution in [0.4, 0.5) is 8.78 Å². The highest BCUT2D eigenvalue weighted by Crippen LogP contribution is 2.26. The monoisotopic (exact) mass is 422 g/mol. The molecule has 156 valence electrons. The molecule has 1 heterocycles. The first-order valence-corrected chi connectivity index (χ1v) is 11.0. The Morgan fingerprint density at radius 3 is 2.62 bits per heavy atom. The highest BCUT2D eigenvalue weighted by atomic mass is 32.2. The van der Waals surface area contributed by atoms with Crippen LogP contribution >= 0.6 is 0 Å². The van der Waals surface area contributed by atoms with Gasteiger partial charge in [0, 0.05) is 29.8 Å². The average Bonchev–Trinajstić information content (AvgIpc) is 2.68. The van der Waals surface area contributed by atoms with Gasteiger partial charge in [0.15, 0.2) is 0 Å². The first-order valence-electron chi connectivity index (χ1n) is 9.58. The molecule has 1 aliphatic heterocycles. The number of nitrogens with zero attached hydrogens (tertiary/aromatic N) is 1. The standard InChI is InChI=1S/C21H24F2N2O3S/c1-14-6-3-4-11-25(14)29(27,28)18-8-5-7-16(12-18)21(26)24-15(2)19-10-9-17(22)13-20(19)23/h5,7-10,12-15H,3-4,6,11H2,1-2H3,(H,24,26)/t14-,15+/m1/s1. The summed E-state index contributed by atoms with van der Waals surface area (Å²) in [5.74, 6) is -1.99. The predicted octanol–water partition coefficient (Wildman–Crippen LogP) is 4.02. The summed E-state index contributed by atoms with van der Waals surface area (Å²) >= 11 is 0. The number of piperidine rings is 1. The Morgan fingerprint density at radius 1 is 1.17 bits per heavy atom. The van der Waals surface area contributed by atoms with Crippen LogP contribution in [0.5, 0.6) is 0 Å². The van der Waals surface area contributed by atoms with E-state index < -0.39 is 33.6 Å². The summed E-state index contributed by atoms with van der Waals surface area (Å²) < 4.78 is 54.5. The van der Waals surface area contributed by atoms with Crippen molar-refractivity contribution in [3.8, 4) is 0 Å². The molecule has 5 nitrogen and oxygen atoms in total. The molecule has 29 heavy (non-hydrogen) atoms. The van der Waals surface area contributed by atoms with Gasteiger partial charge in [-0.2, -0.15) is 4.31 Å². The second-order valence-corrected chi connectivity index (χ2v) is 9.24. The molecule has 0 aliphatic carbocycles. The van der Waals surface area contributed by atoms with Gasteiger partial charge in [0.2, 0.25) is 10.0 Å². The first-order chi connectivity index (χ1) is 13.7. The van der Waals surface area contributed by atoms with Crippen LogP contribution in [-0.2, 0) is 10.0 Å². The van der Waals surface area contributed by atoms with Gasteiger partial charge in [-0.1, -0.05) is 18.6 Å². The van der Waals surface area contributed by atoms with Crippen molar-refractivity contribution in [1.29, 1.82) is 0 Å². The minimum atomic E-state index is -3.71. The van der Waals surface area contributed by atoms with Crippen molar-refractivity contribution in [2.45, 2.75) is 50.1 Å². The molecule has 2 aromatic carbocycles. The first kappa shape index (κ1) is 21.4. The Bertz CT molecular complexity index is 1010. The molecule has 0 spiro atoms. The Kier molecular flexibility index (Phi) is 6.33. The molecule has 1 N–H and O–H groups in total. The molecule has 8 heteroatoms. The van der Waals surface area contributed by atoms with Gasteiger partial charge < -0.3 is 5.32 Å². The molecular weight excluding hydrogens is 398 g/mol. The van der Waals surface area contributed by atoms with Crippen molar-refractivity contribution >= 4 is 15.9 Å². The number of amides is 1. The summed E-state index contributed by atoms with van der Waals surface area (Å²) in [4.78, 5) is 12.7. The highest BCUT2D eigenvalue weighted by Gasteiger charge is 2.31. The molecular formula is C21H24F2N2O3S. The quantitative estimate of drug-likeness (QED) is 0.792. The number of hydrogen-bond acceptors (Lipinski definition) is 3. The average molecular weight is 422 g/mol. The topological polar surface area (TPSA) is 66.5 Å². The highest BCUT2D eigenvalue weighted by molar-refractivity contribution is 7.89. The molecule has 0 radical (unpaired) electrons. The number of rotatable bonds is 5. The normalized spacial score (nSPS) is 19.0. The van der Waals surface area contributed by atoms with E-state index in [4.69, 9.17) is 0 Å². The van der Waals surface area contributed by atoms with Crippen LogP contribution in [-0.4, -0.2) is 31.2 Å². The maximum absolute atomic E-state index is 13.9. The van der Waals surface area contributed by atoms with Gasteiger partial charge in [0.1, 0.15) is 11.6 Å². The van der Waals surface area contributed by atoms with Crippen LogP contribution < -0.4 is 5.32 Å². The van der Waals surface area contributed by atoms with Crippen LogP contribution in [0.25, 0.3) is 0 Å². The molecule has 2 aromatic rings. The van der Waals surface area contributed by atoms with E-state index in [0.29, 0.717) is 6.54 Å². The van der Waals surface area contributed by atoms with Gasteiger partial charge in [-0.25, -0.2) is 17.2 Å². The molecule has 0 unspecified atom stereocenters. The number of benzene rings is 2. The van der Waals surface area contributed by atoms with E-state index in [1.807, 2.05) is 6.92 Å². The van der Waals surface area contributed by atoms with Crippen molar-refractivity contribution in [2.75, 3.05) is 6.54 Å². The molecule has 1 saturated heterocycles. The lowest BCUT2D eigenvalue weighted by atomic mass is 10.1. The number of carbonyl (C=O) groups excluding carboxylic acids is 1. The molecule has 3 rings (SSSR count). The van der Waals surface area contributed by atoms with Gasteiger partial charge in [-0.3, -0.25) is 4.79 Å². The fourth-order valence-corrected chi connectivity index (χ4v) is 5.32. The number of sulfonamides is 1. The van der Waals surface area contributed by atoms with E-state index in [2.05, 4.69) is 5.32 Å². The van der Waals surface area contributed by atoms with Crippen LogP contribution in [0, 0.1) is 11.6 Å². The van der Waals surface area contributed by atoms with Crippen LogP contribution in [0.2, 0.25) is 0 Å². The van der Waals surface area contributed by atoms with Crippen LogP contribution in [0.15, 0.2) is 47.4 Å². The van der Waals surface area contributed by atoms with Crippen LogP contribution in [0.1, 0.15) is 55.1 Å². The summed E-state index contributed by atoms with van der Waals surface area (Å²) in [6.07, 6.45) is 2.61. The fourth-order valence-electron chi connectivity index (χ4n) is 3.57. The van der Waals surface area contributed by atoms with E-state index in [9.17, 15) is 22.0 Å². The van der Waals surface area contributed by atoms with E-state index in [-0.39, 0.29) is 22.1 Å². The Labute approximate surface area is 169 Å². The molecule has 1 fully saturated rings. The van der Waals surface area contributed by atoms with Gasteiger partial charge >= 0.3 is 0 Å². The maximum atomic E-state index is 13.9. The zero-order valence-electron chi connectivity index (χ0n) is 16.4. The lowest BCUT2D eigenvalue weighted by Gasteiger charge is -2.32. The van der Waals surface area contributed by atoms with Gasteiger partial charge in [-0.05, 0) is 51.0 Å². The maximum Gasteiger partial charge on any atom is 0.251 e. The summed E-state index contributed by atoms with van der Waals surface area (Å²) in [6.45, 7) is 3.91. The molecule has 1 amide bonds. The molecule has 0 saturated carbocycles. The Morgan fingerprint density at radius 2 is 1.93 bits per heavy atom. The molecule has 1 aliphatic rings. The number of hydrogen-bond donors (Lipinski definition) is 1. The Balaban J connectivity index is 1.80. The third-order valence-corrected chi connectivity index (χ3v) is 7.23. The summed E-state index contributed by atoms with van der Waals surface area (Å²) in [7, 11) is -3.71. The minimum absolute atomic E-state index is 0.0551. The minimum Gasteiger partial charge on any atom is -0.345 e. The van der Waals surface area contributed by atoms with Gasteiger partial charge in [0.05, 0.1) is 10.9 Å². The number of halogens is 2. The fraction of sp³-hybridized carbons (Fsp3) is 0.381. The number of carbonyl (C=O) groups is 1. The van der Waals surface area contributed by atoms with Crippen molar-refractivity contribution in [1.82, 2.24) is 9.62 Å². The van der Waals surface area contributed by atoms with Crippen LogP contribution in [0.3, 0.4) is 0 Å². The zero-order valence-corrected chi connectivity index (χ0v) is 17.2. The summed E-state index contributed by atoms with van der Waals surface area (Å²) in [5, 5.41) is 2.63. The summed E-state index contributed by atoms with van der Waals surface area (Å²) in [6, 6.07) is 8.16. The number of nitrogens with one attached hydrogen (secondary N) is 1. The van der Waals surface area contributed by atoms with E-state index in [0.717, 1.165) is 31.4 Å². The van der Waals surface area contributed by atoms with Crippen molar-refractivity contribution in [3.05, 3.63) is 65.2 Å². The molecule has 0 bridgehead atoms. The van der Waals surface area contributed by atoms with Crippen molar-refractivity contribution in [2.24, 2.45) is 0 Å². The van der Waals surface area contributed by atoms with E-state index in [1.54, 1.807) is 6.92 Å². The third kappa shape index (κ3) is 4.64. The lowest BCUT2D eigenvalue weighted by Crippen LogP contribution is -2.42. The summed E-state index contributed by atoms with van der Waals surface area (Å²) in [5.41, 5.74) is 0.302. The van der Waals surface area contributed by atoms with Crippen molar-refractivity contribution in [3.63, 3.8) is 0 Å². The second-order valence-electron chi connectivity index (χ2n) is 7.35. The van der Waals surface area contributed by atoms with E-state index >= 15 is 0 Å². The predicted molar refractivity (Wildman–Crippen MR) is 106 cm³/mol.